The number of hydrogen-bond acceptors (Lipinski definition) is 5. The van der Waals surface area contributed by atoms with E-state index in [4.69, 9.17) is 11.6 Å². The summed E-state index contributed by atoms with van der Waals surface area (Å²) in [5.41, 5.74) is 2.11. The molecule has 32 heavy (non-hydrogen) atoms. The maximum Gasteiger partial charge on any atom is 0.253 e. The van der Waals surface area contributed by atoms with Crippen molar-refractivity contribution in [2.75, 3.05) is 11.9 Å². The van der Waals surface area contributed by atoms with Gasteiger partial charge in [-0.1, -0.05) is 53.6 Å². The van der Waals surface area contributed by atoms with E-state index in [1.165, 1.54) is 16.4 Å². The molecule has 1 unspecified atom stereocenters. The van der Waals surface area contributed by atoms with E-state index < -0.39 is 22.0 Å². The fraction of sp³-hybridized carbons (Fsp3) is 0.217. The molecule has 4 rings (SSSR count). The number of amides is 1. The molecule has 0 aliphatic carbocycles. The Bertz CT molecular complexity index is 1270. The van der Waals surface area contributed by atoms with Gasteiger partial charge in [0.05, 0.1) is 10.0 Å². The lowest BCUT2D eigenvalue weighted by molar-refractivity contribution is -0.119. The third kappa shape index (κ3) is 4.49. The first-order valence-corrected chi connectivity index (χ1v) is 12.7. The molecule has 1 fully saturated rings. The second kappa shape index (κ2) is 9.15. The van der Waals surface area contributed by atoms with Gasteiger partial charge in [0.2, 0.25) is 5.91 Å². The molecule has 1 aromatic heterocycles. The number of carbonyl (C=O) groups is 2. The molecule has 2 heterocycles. The van der Waals surface area contributed by atoms with Gasteiger partial charge in [0.1, 0.15) is 10.3 Å². The molecule has 6 nitrogen and oxygen atoms in total. The average molecular weight is 489 g/mol. The molecule has 0 spiro atoms. The SMILES string of the molecule is Cc1ccc(NC(=O)C2CCCN2S(=O)(=O)c2ccc(Cl)s2)c(C(=O)c2ccccc2)c1. The largest absolute Gasteiger partial charge is 0.324 e. The molecule has 1 atom stereocenters. The van der Waals surface area contributed by atoms with Crippen LogP contribution in [0, 0.1) is 6.92 Å². The minimum atomic E-state index is -3.84. The lowest BCUT2D eigenvalue weighted by Crippen LogP contribution is -2.43. The minimum absolute atomic E-state index is 0.109. The molecule has 0 saturated carbocycles. The summed E-state index contributed by atoms with van der Waals surface area (Å²) in [5.74, 6) is -0.673. The Labute approximate surface area is 195 Å². The molecular weight excluding hydrogens is 468 g/mol. The first-order chi connectivity index (χ1) is 15.3. The third-order valence-electron chi connectivity index (χ3n) is 5.33. The van der Waals surface area contributed by atoms with Crippen LogP contribution in [-0.2, 0) is 14.8 Å². The van der Waals surface area contributed by atoms with Crippen molar-refractivity contribution in [1.29, 1.82) is 0 Å². The fourth-order valence-electron chi connectivity index (χ4n) is 3.76. The third-order valence-corrected chi connectivity index (χ3v) is 8.94. The van der Waals surface area contributed by atoms with Crippen LogP contribution in [0.1, 0.15) is 34.3 Å². The highest BCUT2D eigenvalue weighted by atomic mass is 35.5. The van der Waals surface area contributed by atoms with Crippen LogP contribution in [0.4, 0.5) is 5.69 Å². The van der Waals surface area contributed by atoms with Gasteiger partial charge >= 0.3 is 0 Å². The maximum absolute atomic E-state index is 13.2. The van der Waals surface area contributed by atoms with Crippen molar-refractivity contribution in [2.45, 2.75) is 30.0 Å². The molecule has 9 heteroatoms. The van der Waals surface area contributed by atoms with Gasteiger partial charge in [-0.05, 0) is 44.0 Å². The Hall–Kier alpha value is -2.52. The van der Waals surface area contributed by atoms with Gasteiger partial charge in [-0.25, -0.2) is 8.42 Å². The number of anilines is 1. The van der Waals surface area contributed by atoms with Gasteiger partial charge in [-0.15, -0.1) is 11.3 Å². The Morgan fingerprint density at radius 1 is 1.09 bits per heavy atom. The summed E-state index contributed by atoms with van der Waals surface area (Å²) in [6, 6.07) is 16.1. The topological polar surface area (TPSA) is 83.6 Å². The number of sulfonamides is 1. The first kappa shape index (κ1) is 22.7. The van der Waals surface area contributed by atoms with Gasteiger partial charge in [0, 0.05) is 17.7 Å². The van der Waals surface area contributed by atoms with Crippen LogP contribution in [0.3, 0.4) is 0 Å². The minimum Gasteiger partial charge on any atom is -0.324 e. The van der Waals surface area contributed by atoms with Crippen molar-refractivity contribution in [2.24, 2.45) is 0 Å². The van der Waals surface area contributed by atoms with Crippen molar-refractivity contribution >= 4 is 50.3 Å². The summed E-state index contributed by atoms with van der Waals surface area (Å²) in [6.45, 7) is 2.12. The average Bonchev–Trinajstić information content (AvgIpc) is 3.45. The predicted molar refractivity (Wildman–Crippen MR) is 126 cm³/mol. The van der Waals surface area contributed by atoms with E-state index in [0.29, 0.717) is 34.0 Å². The number of aryl methyl sites for hydroxylation is 1. The van der Waals surface area contributed by atoms with Crippen LogP contribution in [-0.4, -0.2) is 37.0 Å². The van der Waals surface area contributed by atoms with E-state index in [1.54, 1.807) is 42.5 Å². The molecule has 1 amide bonds. The number of halogens is 1. The van der Waals surface area contributed by atoms with E-state index >= 15 is 0 Å². The zero-order valence-corrected chi connectivity index (χ0v) is 19.6. The zero-order chi connectivity index (χ0) is 22.9. The fourth-order valence-corrected chi connectivity index (χ4v) is 7.03. The summed E-state index contributed by atoms with van der Waals surface area (Å²) in [6.07, 6.45) is 0.970. The van der Waals surface area contributed by atoms with Gasteiger partial charge in [-0.3, -0.25) is 9.59 Å². The quantitative estimate of drug-likeness (QED) is 0.508. The number of nitrogens with zero attached hydrogens (tertiary/aromatic N) is 1. The summed E-state index contributed by atoms with van der Waals surface area (Å²) in [7, 11) is -3.84. The predicted octanol–water partition coefficient (Wildman–Crippen LogP) is 4.73. The van der Waals surface area contributed by atoms with Crippen LogP contribution in [0.15, 0.2) is 64.9 Å². The van der Waals surface area contributed by atoms with Gasteiger partial charge in [0.25, 0.3) is 10.0 Å². The van der Waals surface area contributed by atoms with Crippen LogP contribution in [0.2, 0.25) is 4.34 Å². The monoisotopic (exact) mass is 488 g/mol. The molecule has 1 saturated heterocycles. The highest BCUT2D eigenvalue weighted by Gasteiger charge is 2.40. The molecule has 1 N–H and O–H groups in total. The summed E-state index contributed by atoms with van der Waals surface area (Å²) < 4.78 is 27.8. The molecule has 3 aromatic rings. The number of carbonyl (C=O) groups excluding carboxylic acids is 2. The zero-order valence-electron chi connectivity index (χ0n) is 17.2. The highest BCUT2D eigenvalue weighted by molar-refractivity contribution is 7.91. The lowest BCUT2D eigenvalue weighted by atomic mass is 9.99. The highest BCUT2D eigenvalue weighted by Crippen LogP contribution is 2.33. The molecule has 0 radical (unpaired) electrons. The van der Waals surface area contributed by atoms with Crippen LogP contribution < -0.4 is 5.32 Å². The molecule has 1 aliphatic heterocycles. The van der Waals surface area contributed by atoms with E-state index in [9.17, 15) is 18.0 Å². The van der Waals surface area contributed by atoms with E-state index in [-0.39, 0.29) is 16.5 Å². The molecule has 0 bridgehead atoms. The summed E-state index contributed by atoms with van der Waals surface area (Å²) >= 11 is 6.88. The smallest absolute Gasteiger partial charge is 0.253 e. The van der Waals surface area contributed by atoms with Crippen molar-refractivity contribution in [3.8, 4) is 0 Å². The number of hydrogen-bond donors (Lipinski definition) is 1. The second-order valence-electron chi connectivity index (χ2n) is 7.57. The first-order valence-electron chi connectivity index (χ1n) is 10.1. The van der Waals surface area contributed by atoms with Crippen molar-refractivity contribution in [3.63, 3.8) is 0 Å². The number of benzene rings is 2. The number of nitrogens with one attached hydrogen (secondary N) is 1. The van der Waals surface area contributed by atoms with Crippen LogP contribution in [0.5, 0.6) is 0 Å². The van der Waals surface area contributed by atoms with E-state index in [2.05, 4.69) is 5.32 Å². The Kier molecular flexibility index (Phi) is 6.48. The van der Waals surface area contributed by atoms with Crippen molar-refractivity contribution in [3.05, 3.63) is 81.7 Å². The number of ketones is 1. The number of rotatable bonds is 6. The molecule has 1 aliphatic rings. The van der Waals surface area contributed by atoms with Crippen LogP contribution in [0.25, 0.3) is 0 Å². The van der Waals surface area contributed by atoms with Crippen molar-refractivity contribution < 1.29 is 18.0 Å². The van der Waals surface area contributed by atoms with Crippen molar-refractivity contribution in [1.82, 2.24) is 4.31 Å². The van der Waals surface area contributed by atoms with E-state index in [0.717, 1.165) is 16.9 Å². The molecule has 2 aromatic carbocycles. The lowest BCUT2D eigenvalue weighted by Gasteiger charge is -2.23. The Morgan fingerprint density at radius 2 is 1.84 bits per heavy atom. The molecular formula is C23H21ClN2O4S2. The van der Waals surface area contributed by atoms with E-state index in [1.807, 2.05) is 13.0 Å². The standard InChI is InChI=1S/C23H21ClN2O4S2/c1-15-9-10-18(17(14-15)22(27)16-6-3-2-4-7-16)25-23(28)19-8-5-13-26(19)32(29,30)21-12-11-20(24)31-21/h2-4,6-7,9-12,14,19H,5,8,13H2,1H3,(H,25,28). The Morgan fingerprint density at radius 3 is 2.53 bits per heavy atom. The molecule has 166 valence electrons. The van der Waals surface area contributed by atoms with Crippen LogP contribution >= 0.6 is 22.9 Å². The second-order valence-corrected chi connectivity index (χ2v) is 11.4. The van der Waals surface area contributed by atoms with Gasteiger partial charge in [-0.2, -0.15) is 4.31 Å². The van der Waals surface area contributed by atoms with Gasteiger partial charge < -0.3 is 5.32 Å². The number of thiophene rings is 1. The Balaban J connectivity index is 1.61. The maximum atomic E-state index is 13.2. The normalized spacial score (nSPS) is 16.8. The summed E-state index contributed by atoms with van der Waals surface area (Å²) in [4.78, 5) is 26.2. The summed E-state index contributed by atoms with van der Waals surface area (Å²) in [5, 5.41) is 2.80. The van der Waals surface area contributed by atoms with Gasteiger partial charge in [0.15, 0.2) is 5.78 Å².